The second-order valence-corrected chi connectivity index (χ2v) is 5.75. The third kappa shape index (κ3) is 2.54. The Morgan fingerprint density at radius 2 is 1.95 bits per heavy atom. The molecule has 4 nitrogen and oxygen atoms in total. The Morgan fingerprint density at radius 3 is 2.80 bits per heavy atom. The number of aromatic carboxylic acids is 1. The van der Waals surface area contributed by atoms with Gasteiger partial charge >= 0.3 is 5.97 Å². The van der Waals surface area contributed by atoms with E-state index in [1.165, 1.54) is 23.7 Å². The van der Waals surface area contributed by atoms with Crippen molar-refractivity contribution in [2.45, 2.75) is 35.6 Å². The average molecular weight is 286 g/mol. The third-order valence-corrected chi connectivity index (χ3v) is 4.53. The lowest BCUT2D eigenvalue weighted by molar-refractivity contribution is 0.0693. The van der Waals surface area contributed by atoms with Crippen LogP contribution in [0.3, 0.4) is 0 Å². The molecule has 1 heterocycles. The number of nitrogens with zero attached hydrogens (tertiary/aromatic N) is 2. The van der Waals surface area contributed by atoms with Crippen LogP contribution in [0.15, 0.2) is 40.5 Å². The molecule has 3 rings (SSSR count). The van der Waals surface area contributed by atoms with E-state index < -0.39 is 5.97 Å². The van der Waals surface area contributed by atoms with E-state index in [4.69, 9.17) is 0 Å². The van der Waals surface area contributed by atoms with Crippen LogP contribution in [-0.4, -0.2) is 21.0 Å². The molecule has 0 aliphatic heterocycles. The maximum atomic E-state index is 11.3. The Labute approximate surface area is 121 Å². The standard InChI is InChI=1S/C15H14N2O2S/c18-15(19)11-6-2-4-8-13(11)20-14-10-5-1-3-7-12(10)16-9-17-14/h2,4,6,8-9H,1,3,5,7H2,(H,18,19). The van der Waals surface area contributed by atoms with Gasteiger partial charge < -0.3 is 5.11 Å². The van der Waals surface area contributed by atoms with Gasteiger partial charge in [-0.25, -0.2) is 14.8 Å². The summed E-state index contributed by atoms with van der Waals surface area (Å²) in [4.78, 5) is 20.7. The molecule has 0 spiro atoms. The summed E-state index contributed by atoms with van der Waals surface area (Å²) in [6.07, 6.45) is 5.87. The molecule has 0 fully saturated rings. The Balaban J connectivity index is 1.98. The molecule has 2 aromatic rings. The topological polar surface area (TPSA) is 63.1 Å². The van der Waals surface area contributed by atoms with Gasteiger partial charge in [-0.1, -0.05) is 23.9 Å². The number of carboxylic acids is 1. The highest BCUT2D eigenvalue weighted by molar-refractivity contribution is 7.99. The zero-order valence-corrected chi connectivity index (χ0v) is 11.7. The van der Waals surface area contributed by atoms with Crippen LogP contribution < -0.4 is 0 Å². The van der Waals surface area contributed by atoms with Crippen molar-refractivity contribution in [3.63, 3.8) is 0 Å². The molecule has 0 saturated carbocycles. The number of aryl methyl sites for hydroxylation is 1. The molecule has 20 heavy (non-hydrogen) atoms. The van der Waals surface area contributed by atoms with E-state index in [1.807, 2.05) is 12.1 Å². The molecule has 102 valence electrons. The first kappa shape index (κ1) is 13.1. The number of carboxylic acid groups (broad SMARTS) is 1. The van der Waals surface area contributed by atoms with Crippen LogP contribution in [0.2, 0.25) is 0 Å². The largest absolute Gasteiger partial charge is 0.478 e. The number of benzene rings is 1. The summed E-state index contributed by atoms with van der Waals surface area (Å²) >= 11 is 1.43. The van der Waals surface area contributed by atoms with Crippen molar-refractivity contribution < 1.29 is 9.90 Å². The Hall–Kier alpha value is -1.88. The molecular weight excluding hydrogens is 272 g/mol. The zero-order valence-electron chi connectivity index (χ0n) is 10.9. The van der Waals surface area contributed by atoms with Crippen molar-refractivity contribution in [1.29, 1.82) is 0 Å². The lowest BCUT2D eigenvalue weighted by Crippen LogP contribution is -2.08. The molecule has 0 unspecified atom stereocenters. The number of carbonyl (C=O) groups is 1. The fourth-order valence-corrected chi connectivity index (χ4v) is 3.48. The van der Waals surface area contributed by atoms with Crippen LogP contribution in [0, 0.1) is 0 Å². The van der Waals surface area contributed by atoms with Crippen molar-refractivity contribution in [2.24, 2.45) is 0 Å². The first-order chi connectivity index (χ1) is 9.75. The van der Waals surface area contributed by atoms with Crippen LogP contribution in [0.25, 0.3) is 0 Å². The Bertz CT molecular complexity index is 658. The average Bonchev–Trinajstić information content (AvgIpc) is 2.48. The Kier molecular flexibility index (Phi) is 3.69. The van der Waals surface area contributed by atoms with Crippen LogP contribution >= 0.6 is 11.8 Å². The van der Waals surface area contributed by atoms with E-state index >= 15 is 0 Å². The van der Waals surface area contributed by atoms with Gasteiger partial charge in [0.1, 0.15) is 11.4 Å². The van der Waals surface area contributed by atoms with E-state index in [1.54, 1.807) is 18.5 Å². The molecule has 1 aliphatic rings. The number of fused-ring (bicyclic) bond motifs is 1. The third-order valence-electron chi connectivity index (χ3n) is 3.41. The fraction of sp³-hybridized carbons (Fsp3) is 0.267. The van der Waals surface area contributed by atoms with Gasteiger partial charge in [0, 0.05) is 16.2 Å². The molecule has 0 bridgehead atoms. The van der Waals surface area contributed by atoms with E-state index in [0.29, 0.717) is 5.56 Å². The maximum absolute atomic E-state index is 11.3. The first-order valence-electron chi connectivity index (χ1n) is 6.58. The maximum Gasteiger partial charge on any atom is 0.336 e. The fourth-order valence-electron chi connectivity index (χ4n) is 2.42. The van der Waals surface area contributed by atoms with E-state index in [-0.39, 0.29) is 0 Å². The summed E-state index contributed by atoms with van der Waals surface area (Å²) < 4.78 is 0. The van der Waals surface area contributed by atoms with E-state index in [2.05, 4.69) is 9.97 Å². The highest BCUT2D eigenvalue weighted by Crippen LogP contribution is 2.34. The summed E-state index contributed by atoms with van der Waals surface area (Å²) in [7, 11) is 0. The minimum atomic E-state index is -0.906. The van der Waals surface area contributed by atoms with Crippen LogP contribution in [0.4, 0.5) is 0 Å². The van der Waals surface area contributed by atoms with E-state index in [9.17, 15) is 9.90 Å². The predicted octanol–water partition coefficient (Wildman–Crippen LogP) is 3.20. The summed E-state index contributed by atoms with van der Waals surface area (Å²) in [6, 6.07) is 7.04. The quantitative estimate of drug-likeness (QED) is 0.878. The van der Waals surface area contributed by atoms with Crippen molar-refractivity contribution in [3.05, 3.63) is 47.4 Å². The number of aromatic nitrogens is 2. The van der Waals surface area contributed by atoms with Crippen LogP contribution in [0.1, 0.15) is 34.5 Å². The number of rotatable bonds is 3. The van der Waals surface area contributed by atoms with Crippen molar-refractivity contribution >= 4 is 17.7 Å². The van der Waals surface area contributed by atoms with Crippen molar-refractivity contribution in [2.75, 3.05) is 0 Å². The molecule has 5 heteroatoms. The smallest absolute Gasteiger partial charge is 0.336 e. The highest BCUT2D eigenvalue weighted by atomic mass is 32.2. The van der Waals surface area contributed by atoms with Gasteiger partial charge in [0.2, 0.25) is 0 Å². The van der Waals surface area contributed by atoms with Gasteiger partial charge in [-0.05, 0) is 37.8 Å². The molecule has 0 atom stereocenters. The summed E-state index contributed by atoms with van der Waals surface area (Å²) in [5.41, 5.74) is 2.62. The number of hydrogen-bond donors (Lipinski definition) is 1. The molecule has 1 aromatic carbocycles. The molecule has 1 aromatic heterocycles. The van der Waals surface area contributed by atoms with Crippen LogP contribution in [0.5, 0.6) is 0 Å². The lowest BCUT2D eigenvalue weighted by Gasteiger charge is -2.17. The molecule has 0 amide bonds. The van der Waals surface area contributed by atoms with Gasteiger partial charge in [-0.3, -0.25) is 0 Å². The minimum absolute atomic E-state index is 0.320. The van der Waals surface area contributed by atoms with Crippen molar-refractivity contribution in [3.8, 4) is 0 Å². The SMILES string of the molecule is O=C(O)c1ccccc1Sc1ncnc2c1CCCC2. The molecule has 1 N–H and O–H groups in total. The second-order valence-electron chi connectivity index (χ2n) is 4.71. The van der Waals surface area contributed by atoms with Gasteiger partial charge in [-0.15, -0.1) is 0 Å². The second kappa shape index (κ2) is 5.63. The monoisotopic (exact) mass is 286 g/mol. The first-order valence-corrected chi connectivity index (χ1v) is 7.40. The molecule has 1 aliphatic carbocycles. The predicted molar refractivity (Wildman–Crippen MR) is 76.2 cm³/mol. The molecular formula is C15H14N2O2S. The summed E-state index contributed by atoms with van der Waals surface area (Å²) in [5.74, 6) is -0.906. The van der Waals surface area contributed by atoms with E-state index in [0.717, 1.165) is 34.9 Å². The zero-order chi connectivity index (χ0) is 13.9. The van der Waals surface area contributed by atoms with Crippen molar-refractivity contribution in [1.82, 2.24) is 9.97 Å². The van der Waals surface area contributed by atoms with Gasteiger partial charge in [0.15, 0.2) is 0 Å². The Morgan fingerprint density at radius 1 is 1.15 bits per heavy atom. The molecule has 0 saturated heterocycles. The minimum Gasteiger partial charge on any atom is -0.478 e. The normalized spacial score (nSPS) is 13.8. The summed E-state index contributed by atoms with van der Waals surface area (Å²) in [6.45, 7) is 0. The van der Waals surface area contributed by atoms with Crippen LogP contribution in [-0.2, 0) is 12.8 Å². The number of hydrogen-bond acceptors (Lipinski definition) is 4. The highest BCUT2D eigenvalue weighted by Gasteiger charge is 2.18. The van der Waals surface area contributed by atoms with Gasteiger partial charge in [-0.2, -0.15) is 0 Å². The van der Waals surface area contributed by atoms with Gasteiger partial charge in [0.25, 0.3) is 0 Å². The lowest BCUT2D eigenvalue weighted by atomic mass is 9.98. The van der Waals surface area contributed by atoms with Gasteiger partial charge in [0.05, 0.1) is 5.56 Å². The molecule has 0 radical (unpaired) electrons. The summed E-state index contributed by atoms with van der Waals surface area (Å²) in [5, 5.41) is 10.1.